The van der Waals surface area contributed by atoms with Gasteiger partial charge in [0.15, 0.2) is 0 Å². The summed E-state index contributed by atoms with van der Waals surface area (Å²) in [4.78, 5) is 4.46. The Bertz CT molecular complexity index is 523. The number of hydrogen-bond donors (Lipinski definition) is 1. The third-order valence-electron chi connectivity index (χ3n) is 2.83. The highest BCUT2D eigenvalue weighted by Gasteiger charge is 2.08. The fraction of sp³-hybridized carbons (Fsp3) is 0.400. The number of fused-ring (bicyclic) bond motifs is 1. The van der Waals surface area contributed by atoms with Gasteiger partial charge in [-0.05, 0) is 51.6 Å². The highest BCUT2D eigenvalue weighted by molar-refractivity contribution is 5.87. The normalized spacial score (nSPS) is 11.1. The quantitative estimate of drug-likeness (QED) is 0.878. The minimum atomic E-state index is 0.165. The van der Waals surface area contributed by atoms with Gasteiger partial charge in [0.2, 0.25) is 0 Å². The number of ether oxygens (including phenoxy) is 1. The van der Waals surface area contributed by atoms with Gasteiger partial charge in [0.25, 0.3) is 0 Å². The van der Waals surface area contributed by atoms with Crippen LogP contribution in [-0.2, 0) is 6.42 Å². The van der Waals surface area contributed by atoms with Gasteiger partial charge < -0.3 is 10.1 Å². The van der Waals surface area contributed by atoms with Gasteiger partial charge in [-0.25, -0.2) is 0 Å². The van der Waals surface area contributed by atoms with E-state index in [9.17, 15) is 0 Å². The van der Waals surface area contributed by atoms with Gasteiger partial charge >= 0.3 is 0 Å². The molecule has 0 aliphatic rings. The third kappa shape index (κ3) is 2.79. The highest BCUT2D eigenvalue weighted by Crippen LogP contribution is 2.27. The van der Waals surface area contributed by atoms with E-state index in [1.54, 1.807) is 0 Å². The first-order chi connectivity index (χ1) is 8.72. The molecule has 1 N–H and O–H groups in total. The van der Waals surface area contributed by atoms with Crippen LogP contribution < -0.4 is 10.1 Å². The van der Waals surface area contributed by atoms with Gasteiger partial charge in [0.1, 0.15) is 11.3 Å². The summed E-state index contributed by atoms with van der Waals surface area (Å²) < 4.78 is 5.81. The zero-order chi connectivity index (χ0) is 13.0. The van der Waals surface area contributed by atoms with Gasteiger partial charge in [-0.2, -0.15) is 0 Å². The van der Waals surface area contributed by atoms with Gasteiger partial charge in [-0.3, -0.25) is 4.98 Å². The molecule has 96 valence electrons. The summed E-state index contributed by atoms with van der Waals surface area (Å²) in [5.41, 5.74) is 2.27. The Labute approximate surface area is 108 Å². The Morgan fingerprint density at radius 3 is 2.83 bits per heavy atom. The second kappa shape index (κ2) is 5.83. The summed E-state index contributed by atoms with van der Waals surface area (Å²) in [7, 11) is 1.97. The number of benzene rings is 1. The number of likely N-dealkylation sites (N-methyl/N-ethyl adjacent to an activating group) is 1. The molecule has 0 unspecified atom stereocenters. The Morgan fingerprint density at radius 1 is 1.28 bits per heavy atom. The molecule has 0 aliphatic heterocycles. The second-order valence-corrected chi connectivity index (χ2v) is 4.64. The number of nitrogens with zero attached hydrogens (tertiary/aromatic N) is 1. The van der Waals surface area contributed by atoms with Crippen LogP contribution in [0.4, 0.5) is 0 Å². The lowest BCUT2D eigenvalue weighted by Crippen LogP contribution is -2.11. The summed E-state index contributed by atoms with van der Waals surface area (Å²) in [5, 5.41) is 4.36. The van der Waals surface area contributed by atoms with Crippen molar-refractivity contribution in [1.82, 2.24) is 10.3 Å². The van der Waals surface area contributed by atoms with E-state index in [-0.39, 0.29) is 6.10 Å². The SMILES string of the molecule is CNCCc1ccc(OC(C)C)c2ncccc12. The van der Waals surface area contributed by atoms with Crippen molar-refractivity contribution < 1.29 is 4.74 Å². The molecule has 2 aromatic rings. The van der Waals surface area contributed by atoms with Crippen molar-refractivity contribution >= 4 is 10.9 Å². The zero-order valence-electron chi connectivity index (χ0n) is 11.2. The summed E-state index contributed by atoms with van der Waals surface area (Å²) in [6, 6.07) is 8.25. The Hall–Kier alpha value is -1.61. The molecule has 0 saturated carbocycles. The molecule has 1 heterocycles. The summed E-state index contributed by atoms with van der Waals surface area (Å²) >= 11 is 0. The van der Waals surface area contributed by atoms with Crippen LogP contribution in [0.25, 0.3) is 10.9 Å². The van der Waals surface area contributed by atoms with E-state index in [2.05, 4.69) is 22.4 Å². The molecular formula is C15H20N2O. The summed E-state index contributed by atoms with van der Waals surface area (Å²) in [6.45, 7) is 5.03. The van der Waals surface area contributed by atoms with Crippen LogP contribution in [-0.4, -0.2) is 24.7 Å². The second-order valence-electron chi connectivity index (χ2n) is 4.64. The van der Waals surface area contributed by atoms with Crippen molar-refractivity contribution in [2.45, 2.75) is 26.4 Å². The number of aromatic nitrogens is 1. The van der Waals surface area contributed by atoms with E-state index in [1.807, 2.05) is 39.2 Å². The first-order valence-corrected chi connectivity index (χ1v) is 6.40. The molecule has 0 aliphatic carbocycles. The van der Waals surface area contributed by atoms with E-state index in [1.165, 1.54) is 10.9 Å². The maximum absolute atomic E-state index is 5.81. The molecule has 0 spiro atoms. The van der Waals surface area contributed by atoms with E-state index in [0.29, 0.717) is 0 Å². The summed E-state index contributed by atoms with van der Waals surface area (Å²) in [6.07, 6.45) is 2.98. The molecule has 3 heteroatoms. The van der Waals surface area contributed by atoms with Crippen LogP contribution in [0, 0.1) is 0 Å². The molecule has 0 atom stereocenters. The van der Waals surface area contributed by atoms with E-state index < -0.39 is 0 Å². The fourth-order valence-electron chi connectivity index (χ4n) is 2.03. The Balaban J connectivity index is 2.44. The van der Waals surface area contributed by atoms with Crippen LogP contribution in [0.15, 0.2) is 30.5 Å². The molecule has 0 saturated heterocycles. The first kappa shape index (κ1) is 12.8. The lowest BCUT2D eigenvalue weighted by Gasteiger charge is -2.13. The highest BCUT2D eigenvalue weighted by atomic mass is 16.5. The molecular weight excluding hydrogens is 224 g/mol. The van der Waals surface area contributed by atoms with Crippen molar-refractivity contribution in [3.63, 3.8) is 0 Å². The minimum Gasteiger partial charge on any atom is -0.489 e. The van der Waals surface area contributed by atoms with Crippen LogP contribution in [0.3, 0.4) is 0 Å². The van der Waals surface area contributed by atoms with Crippen LogP contribution in [0.1, 0.15) is 19.4 Å². The zero-order valence-corrected chi connectivity index (χ0v) is 11.2. The van der Waals surface area contributed by atoms with Gasteiger partial charge in [0.05, 0.1) is 6.10 Å². The average molecular weight is 244 g/mol. The predicted octanol–water partition coefficient (Wildman–Crippen LogP) is 2.78. The number of hydrogen-bond acceptors (Lipinski definition) is 3. The minimum absolute atomic E-state index is 0.165. The largest absolute Gasteiger partial charge is 0.489 e. The molecule has 0 radical (unpaired) electrons. The lowest BCUT2D eigenvalue weighted by atomic mass is 10.0. The Kier molecular flexibility index (Phi) is 4.15. The van der Waals surface area contributed by atoms with E-state index in [0.717, 1.165) is 24.2 Å². The van der Waals surface area contributed by atoms with Crippen LogP contribution in [0.2, 0.25) is 0 Å². The molecule has 0 fully saturated rings. The van der Waals surface area contributed by atoms with Crippen LogP contribution >= 0.6 is 0 Å². The molecule has 0 bridgehead atoms. The maximum Gasteiger partial charge on any atom is 0.145 e. The van der Waals surface area contributed by atoms with E-state index >= 15 is 0 Å². The summed E-state index contributed by atoms with van der Waals surface area (Å²) in [5.74, 6) is 0.869. The first-order valence-electron chi connectivity index (χ1n) is 6.40. The third-order valence-corrected chi connectivity index (χ3v) is 2.83. The molecule has 3 nitrogen and oxygen atoms in total. The molecule has 0 amide bonds. The molecule has 18 heavy (non-hydrogen) atoms. The van der Waals surface area contributed by atoms with Gasteiger partial charge in [-0.15, -0.1) is 0 Å². The monoisotopic (exact) mass is 244 g/mol. The van der Waals surface area contributed by atoms with Gasteiger partial charge in [0, 0.05) is 11.6 Å². The van der Waals surface area contributed by atoms with Crippen molar-refractivity contribution in [2.24, 2.45) is 0 Å². The predicted molar refractivity (Wildman–Crippen MR) is 75.1 cm³/mol. The van der Waals surface area contributed by atoms with Crippen molar-refractivity contribution in [3.8, 4) is 5.75 Å². The Morgan fingerprint density at radius 2 is 2.11 bits per heavy atom. The number of pyridine rings is 1. The maximum atomic E-state index is 5.81. The fourth-order valence-corrected chi connectivity index (χ4v) is 2.03. The lowest BCUT2D eigenvalue weighted by molar-refractivity contribution is 0.245. The van der Waals surface area contributed by atoms with E-state index in [4.69, 9.17) is 4.74 Å². The number of rotatable bonds is 5. The van der Waals surface area contributed by atoms with Crippen molar-refractivity contribution in [2.75, 3.05) is 13.6 Å². The molecule has 1 aromatic carbocycles. The average Bonchev–Trinajstić information content (AvgIpc) is 2.37. The van der Waals surface area contributed by atoms with Crippen molar-refractivity contribution in [1.29, 1.82) is 0 Å². The molecule has 2 rings (SSSR count). The standard InChI is InChI=1S/C15H20N2O/c1-11(2)18-14-7-6-12(8-10-16-3)13-5-4-9-17-15(13)14/h4-7,9,11,16H,8,10H2,1-3H3. The van der Waals surface area contributed by atoms with Crippen LogP contribution in [0.5, 0.6) is 5.75 Å². The van der Waals surface area contributed by atoms with Gasteiger partial charge in [-0.1, -0.05) is 12.1 Å². The van der Waals surface area contributed by atoms with Crippen molar-refractivity contribution in [3.05, 3.63) is 36.0 Å². The smallest absolute Gasteiger partial charge is 0.145 e. The molecule has 1 aromatic heterocycles. The number of nitrogens with one attached hydrogen (secondary N) is 1. The topological polar surface area (TPSA) is 34.1 Å².